The molecule has 0 atom stereocenters. The summed E-state index contributed by atoms with van der Waals surface area (Å²) in [4.78, 5) is 4.89. The Bertz CT molecular complexity index is 206. The second kappa shape index (κ2) is 5.45. The summed E-state index contributed by atoms with van der Waals surface area (Å²) >= 11 is 0. The Labute approximate surface area is 98.6 Å². The zero-order valence-electron chi connectivity index (χ0n) is 10.4. The number of rotatable bonds is 2. The Morgan fingerprint density at radius 2 is 1.88 bits per heavy atom. The number of hydrogen-bond donors (Lipinski definition) is 2. The van der Waals surface area contributed by atoms with Crippen molar-refractivity contribution in [3.8, 4) is 0 Å². The van der Waals surface area contributed by atoms with Crippen molar-refractivity contribution in [2.75, 3.05) is 52.9 Å². The van der Waals surface area contributed by atoms with E-state index >= 15 is 0 Å². The summed E-state index contributed by atoms with van der Waals surface area (Å²) in [6.45, 7) is 6.97. The molecule has 94 valence electrons. The van der Waals surface area contributed by atoms with Gasteiger partial charge in [-0.3, -0.25) is 4.90 Å². The van der Waals surface area contributed by atoms with Crippen molar-refractivity contribution in [2.45, 2.75) is 24.8 Å². The molecule has 2 aliphatic rings. The van der Waals surface area contributed by atoms with Gasteiger partial charge in [0.15, 0.2) is 0 Å². The molecular formula is C12H25N3O. The predicted octanol–water partition coefficient (Wildman–Crippen LogP) is -0.262. The Morgan fingerprint density at radius 1 is 1.12 bits per heavy atom. The van der Waals surface area contributed by atoms with Crippen LogP contribution in [0.25, 0.3) is 0 Å². The number of aliphatic hydroxyl groups excluding tert-OH is 1. The van der Waals surface area contributed by atoms with Gasteiger partial charge in [0, 0.05) is 25.2 Å². The standard InChI is InChI=1S/C12H25N3O/c1-14-8-3-12(11-16,4-9-14)15-7-2-5-13-6-10-15/h13,16H,2-11H2,1H3. The quantitative estimate of drug-likeness (QED) is 0.682. The first-order chi connectivity index (χ1) is 7.77. The van der Waals surface area contributed by atoms with Gasteiger partial charge in [-0.05, 0) is 45.9 Å². The van der Waals surface area contributed by atoms with Gasteiger partial charge in [0.25, 0.3) is 0 Å². The molecule has 2 N–H and O–H groups in total. The van der Waals surface area contributed by atoms with Crippen molar-refractivity contribution in [1.82, 2.24) is 15.1 Å². The van der Waals surface area contributed by atoms with Crippen LogP contribution in [0.1, 0.15) is 19.3 Å². The van der Waals surface area contributed by atoms with Crippen molar-refractivity contribution in [1.29, 1.82) is 0 Å². The Morgan fingerprint density at radius 3 is 2.56 bits per heavy atom. The molecule has 0 aromatic rings. The van der Waals surface area contributed by atoms with Gasteiger partial charge in [0.05, 0.1) is 6.61 Å². The second-order valence-electron chi connectivity index (χ2n) is 5.28. The Kier molecular flexibility index (Phi) is 4.19. The summed E-state index contributed by atoms with van der Waals surface area (Å²) in [5.74, 6) is 0. The molecule has 0 radical (unpaired) electrons. The van der Waals surface area contributed by atoms with E-state index in [-0.39, 0.29) is 5.54 Å². The minimum Gasteiger partial charge on any atom is -0.394 e. The molecule has 2 heterocycles. The molecule has 0 amide bonds. The van der Waals surface area contributed by atoms with E-state index in [1.807, 2.05) is 0 Å². The summed E-state index contributed by atoms with van der Waals surface area (Å²) < 4.78 is 0. The molecule has 4 nitrogen and oxygen atoms in total. The minimum absolute atomic E-state index is 0.0680. The van der Waals surface area contributed by atoms with Gasteiger partial charge < -0.3 is 15.3 Å². The maximum atomic E-state index is 9.79. The Hall–Kier alpha value is -0.160. The van der Waals surface area contributed by atoms with Gasteiger partial charge in [-0.15, -0.1) is 0 Å². The van der Waals surface area contributed by atoms with Gasteiger partial charge in [-0.2, -0.15) is 0 Å². The molecule has 0 bridgehead atoms. The van der Waals surface area contributed by atoms with Gasteiger partial charge in [0.1, 0.15) is 0 Å². The monoisotopic (exact) mass is 227 g/mol. The van der Waals surface area contributed by atoms with Crippen molar-refractivity contribution in [3.05, 3.63) is 0 Å². The van der Waals surface area contributed by atoms with Crippen molar-refractivity contribution in [3.63, 3.8) is 0 Å². The molecule has 2 rings (SSSR count). The molecule has 0 spiro atoms. The molecule has 4 heteroatoms. The third-order valence-electron chi connectivity index (χ3n) is 4.22. The smallest absolute Gasteiger partial charge is 0.0616 e. The highest BCUT2D eigenvalue weighted by atomic mass is 16.3. The summed E-state index contributed by atoms with van der Waals surface area (Å²) in [5, 5.41) is 13.2. The molecule has 0 unspecified atom stereocenters. The Balaban J connectivity index is 2.01. The molecule has 2 aliphatic heterocycles. The summed E-state index contributed by atoms with van der Waals surface area (Å²) in [7, 11) is 2.17. The number of likely N-dealkylation sites (tertiary alicyclic amines) is 1. The third-order valence-corrected chi connectivity index (χ3v) is 4.22. The van der Waals surface area contributed by atoms with E-state index in [9.17, 15) is 5.11 Å². The topological polar surface area (TPSA) is 38.7 Å². The maximum absolute atomic E-state index is 9.79. The van der Waals surface area contributed by atoms with E-state index in [1.165, 1.54) is 6.42 Å². The van der Waals surface area contributed by atoms with Crippen LogP contribution in [0.3, 0.4) is 0 Å². The molecule has 2 fully saturated rings. The first kappa shape index (κ1) is 12.3. The summed E-state index contributed by atoms with van der Waals surface area (Å²) in [5.41, 5.74) is 0.0680. The summed E-state index contributed by atoms with van der Waals surface area (Å²) in [6, 6.07) is 0. The largest absolute Gasteiger partial charge is 0.394 e. The van der Waals surface area contributed by atoms with Crippen LogP contribution >= 0.6 is 0 Å². The number of piperidine rings is 1. The maximum Gasteiger partial charge on any atom is 0.0616 e. The van der Waals surface area contributed by atoms with Crippen molar-refractivity contribution in [2.24, 2.45) is 0 Å². The van der Waals surface area contributed by atoms with Crippen LogP contribution in [0.4, 0.5) is 0 Å². The van der Waals surface area contributed by atoms with Crippen LogP contribution in [0.5, 0.6) is 0 Å². The second-order valence-corrected chi connectivity index (χ2v) is 5.28. The molecule has 16 heavy (non-hydrogen) atoms. The number of nitrogens with zero attached hydrogens (tertiary/aromatic N) is 2. The zero-order valence-corrected chi connectivity index (χ0v) is 10.4. The van der Waals surface area contributed by atoms with E-state index in [1.54, 1.807) is 0 Å². The van der Waals surface area contributed by atoms with Gasteiger partial charge in [-0.1, -0.05) is 0 Å². The van der Waals surface area contributed by atoms with Gasteiger partial charge >= 0.3 is 0 Å². The van der Waals surface area contributed by atoms with Crippen LogP contribution in [-0.2, 0) is 0 Å². The SMILES string of the molecule is CN1CCC(CO)(N2CCCNCC2)CC1. The fourth-order valence-corrected chi connectivity index (χ4v) is 2.93. The highest BCUT2D eigenvalue weighted by Crippen LogP contribution is 2.28. The van der Waals surface area contributed by atoms with E-state index in [0.29, 0.717) is 6.61 Å². The van der Waals surface area contributed by atoms with E-state index in [4.69, 9.17) is 0 Å². The highest BCUT2D eigenvalue weighted by Gasteiger charge is 2.38. The van der Waals surface area contributed by atoms with E-state index < -0.39 is 0 Å². The number of hydrogen-bond acceptors (Lipinski definition) is 4. The van der Waals surface area contributed by atoms with Gasteiger partial charge in [-0.25, -0.2) is 0 Å². The van der Waals surface area contributed by atoms with Crippen LogP contribution < -0.4 is 5.32 Å². The zero-order chi connectivity index (χ0) is 11.4. The summed E-state index contributed by atoms with van der Waals surface area (Å²) in [6.07, 6.45) is 3.43. The van der Waals surface area contributed by atoms with Gasteiger partial charge in [0.2, 0.25) is 0 Å². The predicted molar refractivity (Wildman–Crippen MR) is 65.6 cm³/mol. The van der Waals surface area contributed by atoms with Crippen LogP contribution in [0.15, 0.2) is 0 Å². The molecule has 2 saturated heterocycles. The van der Waals surface area contributed by atoms with Crippen molar-refractivity contribution >= 4 is 0 Å². The van der Waals surface area contributed by atoms with E-state index in [0.717, 1.165) is 52.1 Å². The average molecular weight is 227 g/mol. The first-order valence-corrected chi connectivity index (χ1v) is 6.52. The van der Waals surface area contributed by atoms with Crippen LogP contribution in [0, 0.1) is 0 Å². The van der Waals surface area contributed by atoms with Crippen molar-refractivity contribution < 1.29 is 5.11 Å². The third kappa shape index (κ3) is 2.56. The minimum atomic E-state index is 0.0680. The lowest BCUT2D eigenvalue weighted by Gasteiger charge is -2.47. The molecule has 0 aromatic heterocycles. The molecule has 0 aromatic carbocycles. The first-order valence-electron chi connectivity index (χ1n) is 6.52. The lowest BCUT2D eigenvalue weighted by molar-refractivity contribution is -0.0113. The van der Waals surface area contributed by atoms with Crippen LogP contribution in [0.2, 0.25) is 0 Å². The lowest BCUT2D eigenvalue weighted by Crippen LogP contribution is -2.58. The molecular weight excluding hydrogens is 202 g/mol. The lowest BCUT2D eigenvalue weighted by atomic mass is 9.86. The number of aliphatic hydroxyl groups is 1. The molecule has 0 aliphatic carbocycles. The molecule has 0 saturated carbocycles. The fraction of sp³-hybridized carbons (Fsp3) is 1.00. The van der Waals surface area contributed by atoms with E-state index in [2.05, 4.69) is 22.2 Å². The average Bonchev–Trinajstić information content (AvgIpc) is 2.60. The fourth-order valence-electron chi connectivity index (χ4n) is 2.93. The highest BCUT2D eigenvalue weighted by molar-refractivity contribution is 4.95. The normalized spacial score (nSPS) is 28.9. The van der Waals surface area contributed by atoms with Crippen LogP contribution in [-0.4, -0.2) is 73.4 Å². The number of nitrogens with one attached hydrogen (secondary N) is 1.